The summed E-state index contributed by atoms with van der Waals surface area (Å²) in [7, 11) is 0. The van der Waals surface area contributed by atoms with E-state index < -0.39 is 0 Å². The van der Waals surface area contributed by atoms with Crippen LogP contribution in [0.3, 0.4) is 0 Å². The number of aliphatic imine (C=N–C) groups is 1. The third-order valence-corrected chi connectivity index (χ3v) is 3.29. The molecular formula is C15H21N3. The molecule has 1 aliphatic heterocycles. The molecule has 0 saturated carbocycles. The van der Waals surface area contributed by atoms with Crippen molar-refractivity contribution in [2.45, 2.75) is 20.3 Å². The number of fused-ring (bicyclic) bond motifs is 1. The van der Waals surface area contributed by atoms with Crippen LogP contribution in [0.15, 0.2) is 41.2 Å². The fraction of sp³-hybridized carbons (Fsp3) is 0.400. The molecule has 0 saturated heterocycles. The molecule has 96 valence electrons. The number of hydrogen-bond acceptors (Lipinski definition) is 3. The third-order valence-electron chi connectivity index (χ3n) is 3.29. The van der Waals surface area contributed by atoms with Gasteiger partial charge in [-0.3, -0.25) is 4.99 Å². The monoisotopic (exact) mass is 243 g/mol. The molecule has 2 rings (SSSR count). The van der Waals surface area contributed by atoms with Gasteiger partial charge in [0, 0.05) is 42.3 Å². The number of hydrogen-bond donors (Lipinski definition) is 1. The fourth-order valence-electron chi connectivity index (χ4n) is 2.08. The van der Waals surface area contributed by atoms with Crippen molar-refractivity contribution >= 4 is 11.9 Å². The number of benzene rings is 1. The van der Waals surface area contributed by atoms with Crippen LogP contribution in [0.5, 0.6) is 0 Å². The van der Waals surface area contributed by atoms with Gasteiger partial charge in [-0.15, -0.1) is 0 Å². The van der Waals surface area contributed by atoms with Crippen molar-refractivity contribution in [3.05, 3.63) is 41.7 Å². The van der Waals surface area contributed by atoms with Gasteiger partial charge in [0.2, 0.25) is 0 Å². The maximum Gasteiger partial charge on any atom is 0.0471 e. The molecule has 0 aromatic heterocycles. The second-order valence-corrected chi connectivity index (χ2v) is 4.42. The Bertz CT molecular complexity index is 445. The summed E-state index contributed by atoms with van der Waals surface area (Å²) in [6.07, 6.45) is 4.85. The fourth-order valence-corrected chi connectivity index (χ4v) is 2.08. The molecule has 1 aliphatic rings. The topological polar surface area (TPSA) is 27.6 Å². The minimum atomic E-state index is 1.01. The highest BCUT2D eigenvalue weighted by Gasteiger charge is 2.07. The molecule has 0 fully saturated rings. The van der Waals surface area contributed by atoms with Crippen molar-refractivity contribution in [1.82, 2.24) is 4.90 Å². The molecule has 1 heterocycles. The molecule has 3 heteroatoms. The zero-order valence-electron chi connectivity index (χ0n) is 11.2. The molecule has 0 radical (unpaired) electrons. The lowest BCUT2D eigenvalue weighted by Crippen LogP contribution is -2.25. The Balaban J connectivity index is 2.00. The maximum atomic E-state index is 4.36. The average Bonchev–Trinajstić information content (AvgIpc) is 2.61. The molecule has 1 aromatic rings. The van der Waals surface area contributed by atoms with Gasteiger partial charge < -0.3 is 10.2 Å². The van der Waals surface area contributed by atoms with E-state index in [9.17, 15) is 0 Å². The number of nitrogens with zero attached hydrogens (tertiary/aromatic N) is 2. The third kappa shape index (κ3) is 3.20. The Labute approximate surface area is 109 Å². The Morgan fingerprint density at radius 3 is 2.72 bits per heavy atom. The number of rotatable bonds is 5. The van der Waals surface area contributed by atoms with E-state index in [2.05, 4.69) is 41.2 Å². The van der Waals surface area contributed by atoms with Gasteiger partial charge in [-0.05, 0) is 19.2 Å². The molecule has 0 atom stereocenters. The summed E-state index contributed by atoms with van der Waals surface area (Å²) in [6.45, 7) is 7.68. The predicted octanol–water partition coefficient (Wildman–Crippen LogP) is 3.10. The van der Waals surface area contributed by atoms with Crippen LogP contribution in [-0.2, 0) is 0 Å². The van der Waals surface area contributed by atoms with Crippen LogP contribution in [0.2, 0.25) is 0 Å². The lowest BCUT2D eigenvalue weighted by Gasteiger charge is -2.19. The molecule has 0 amide bonds. The molecule has 0 unspecified atom stereocenters. The molecule has 0 spiro atoms. The summed E-state index contributed by atoms with van der Waals surface area (Å²) in [5, 5.41) is 3.47. The van der Waals surface area contributed by atoms with Gasteiger partial charge in [-0.1, -0.05) is 32.0 Å². The molecular weight excluding hydrogens is 222 g/mol. The van der Waals surface area contributed by atoms with E-state index >= 15 is 0 Å². The van der Waals surface area contributed by atoms with Gasteiger partial charge in [-0.2, -0.15) is 0 Å². The van der Waals surface area contributed by atoms with Crippen molar-refractivity contribution in [2.24, 2.45) is 4.99 Å². The Kier molecular flexibility index (Phi) is 4.53. The highest BCUT2D eigenvalue weighted by atomic mass is 15.1. The lowest BCUT2D eigenvalue weighted by atomic mass is 10.2. The molecule has 0 bridgehead atoms. The van der Waals surface area contributed by atoms with E-state index in [1.54, 1.807) is 0 Å². The van der Waals surface area contributed by atoms with Gasteiger partial charge >= 0.3 is 0 Å². The second-order valence-electron chi connectivity index (χ2n) is 4.42. The van der Waals surface area contributed by atoms with Crippen molar-refractivity contribution in [3.8, 4) is 0 Å². The van der Waals surface area contributed by atoms with Crippen LogP contribution >= 0.6 is 0 Å². The van der Waals surface area contributed by atoms with Crippen molar-refractivity contribution < 1.29 is 0 Å². The second kappa shape index (κ2) is 6.36. The molecule has 18 heavy (non-hydrogen) atoms. The van der Waals surface area contributed by atoms with E-state index in [4.69, 9.17) is 0 Å². The Hall–Kier alpha value is -1.61. The van der Waals surface area contributed by atoms with Crippen LogP contribution < -0.4 is 5.32 Å². The summed E-state index contributed by atoms with van der Waals surface area (Å²) in [5.74, 6) is 0. The normalized spacial score (nSPS) is 13.8. The van der Waals surface area contributed by atoms with Gasteiger partial charge in [-0.25, -0.2) is 0 Å². The number of anilines is 1. The molecule has 0 aliphatic carbocycles. The highest BCUT2D eigenvalue weighted by Crippen LogP contribution is 2.19. The van der Waals surface area contributed by atoms with Crippen LogP contribution in [0.25, 0.3) is 0 Å². The smallest absolute Gasteiger partial charge is 0.0471 e. The Morgan fingerprint density at radius 1 is 1.17 bits per heavy atom. The minimum absolute atomic E-state index is 1.01. The van der Waals surface area contributed by atoms with Gasteiger partial charge in [0.05, 0.1) is 0 Å². The largest absolute Gasteiger partial charge is 0.357 e. The van der Waals surface area contributed by atoms with E-state index in [-0.39, 0.29) is 0 Å². The van der Waals surface area contributed by atoms with Crippen LogP contribution in [0, 0.1) is 0 Å². The SMILES string of the molecule is CCN(CC)CCC1=CN=Cc2ccccc2N1. The first kappa shape index (κ1) is 12.8. The molecule has 3 nitrogen and oxygen atoms in total. The molecule has 1 aromatic carbocycles. The predicted molar refractivity (Wildman–Crippen MR) is 78.1 cm³/mol. The van der Waals surface area contributed by atoms with Crippen LogP contribution in [0.4, 0.5) is 5.69 Å². The first-order valence-corrected chi connectivity index (χ1v) is 6.64. The van der Waals surface area contributed by atoms with E-state index in [1.165, 1.54) is 5.70 Å². The zero-order valence-corrected chi connectivity index (χ0v) is 11.2. The first-order valence-electron chi connectivity index (χ1n) is 6.64. The highest BCUT2D eigenvalue weighted by molar-refractivity contribution is 5.89. The minimum Gasteiger partial charge on any atom is -0.357 e. The maximum absolute atomic E-state index is 4.36. The van der Waals surface area contributed by atoms with Crippen LogP contribution in [0.1, 0.15) is 25.8 Å². The van der Waals surface area contributed by atoms with Crippen LogP contribution in [-0.4, -0.2) is 30.7 Å². The van der Waals surface area contributed by atoms with Crippen molar-refractivity contribution in [1.29, 1.82) is 0 Å². The summed E-state index contributed by atoms with van der Waals surface area (Å²) >= 11 is 0. The molecule has 1 N–H and O–H groups in total. The summed E-state index contributed by atoms with van der Waals surface area (Å²) in [5.41, 5.74) is 3.47. The van der Waals surface area contributed by atoms with E-state index in [0.717, 1.165) is 37.3 Å². The quantitative estimate of drug-likeness (QED) is 0.860. The average molecular weight is 243 g/mol. The standard InChI is InChI=1S/C15H21N3/c1-3-18(4-2)10-9-14-12-16-11-13-7-5-6-8-15(13)17-14/h5-8,11-12,17H,3-4,9-10H2,1-2H3. The zero-order chi connectivity index (χ0) is 12.8. The summed E-state index contributed by atoms with van der Waals surface area (Å²) in [6, 6.07) is 8.26. The Morgan fingerprint density at radius 2 is 1.94 bits per heavy atom. The first-order chi connectivity index (χ1) is 8.83. The van der Waals surface area contributed by atoms with Gasteiger partial charge in [0.15, 0.2) is 0 Å². The van der Waals surface area contributed by atoms with E-state index in [1.807, 2.05) is 24.5 Å². The summed E-state index contributed by atoms with van der Waals surface area (Å²) < 4.78 is 0. The number of nitrogens with one attached hydrogen (secondary N) is 1. The van der Waals surface area contributed by atoms with Gasteiger partial charge in [0.25, 0.3) is 0 Å². The summed E-state index contributed by atoms with van der Waals surface area (Å²) in [4.78, 5) is 6.77. The van der Waals surface area contributed by atoms with Crippen molar-refractivity contribution in [2.75, 3.05) is 25.0 Å². The lowest BCUT2D eigenvalue weighted by molar-refractivity contribution is 0.308. The van der Waals surface area contributed by atoms with E-state index in [0.29, 0.717) is 0 Å². The number of para-hydroxylation sites is 1. The van der Waals surface area contributed by atoms with Crippen molar-refractivity contribution in [3.63, 3.8) is 0 Å². The van der Waals surface area contributed by atoms with Gasteiger partial charge in [0.1, 0.15) is 0 Å².